The molecular weight excluding hydrogens is 398 g/mol. The number of benzene rings is 3. The lowest BCUT2D eigenvalue weighted by atomic mass is 9.85. The molecule has 1 N–H and O–H groups in total. The molecule has 162 valence electrons. The summed E-state index contributed by atoms with van der Waals surface area (Å²) in [6.07, 6.45) is 1.63. The van der Waals surface area contributed by atoms with Gasteiger partial charge in [0.2, 0.25) is 17.7 Å². The Bertz CT molecular complexity index is 1070. The maximum absolute atomic E-state index is 12.7. The highest BCUT2D eigenvalue weighted by molar-refractivity contribution is 5.76. The lowest BCUT2D eigenvalue weighted by molar-refractivity contribution is -0.121. The van der Waals surface area contributed by atoms with Crippen molar-refractivity contribution in [2.75, 3.05) is 0 Å². The lowest BCUT2D eigenvalue weighted by Gasteiger charge is -2.26. The number of hydrogen-bond donors (Lipinski definition) is 1. The molecule has 5 heteroatoms. The van der Waals surface area contributed by atoms with E-state index in [0.29, 0.717) is 31.0 Å². The number of hydrogen-bond acceptors (Lipinski definition) is 4. The van der Waals surface area contributed by atoms with E-state index in [-0.39, 0.29) is 17.9 Å². The van der Waals surface area contributed by atoms with E-state index >= 15 is 0 Å². The second-order valence-corrected chi connectivity index (χ2v) is 7.88. The molecular formula is C27H27N3O2. The summed E-state index contributed by atoms with van der Waals surface area (Å²) in [6, 6.07) is 30.2. The van der Waals surface area contributed by atoms with Crippen LogP contribution in [-0.2, 0) is 11.2 Å². The van der Waals surface area contributed by atoms with E-state index in [0.717, 1.165) is 5.56 Å². The molecule has 0 fully saturated rings. The number of aromatic nitrogens is 2. The quantitative estimate of drug-likeness (QED) is 0.390. The third-order valence-electron chi connectivity index (χ3n) is 5.49. The summed E-state index contributed by atoms with van der Waals surface area (Å²) >= 11 is 0. The second-order valence-electron chi connectivity index (χ2n) is 7.88. The summed E-state index contributed by atoms with van der Waals surface area (Å²) in [7, 11) is 0. The van der Waals surface area contributed by atoms with Crippen molar-refractivity contribution in [3.05, 3.63) is 108 Å². The van der Waals surface area contributed by atoms with Gasteiger partial charge in [-0.3, -0.25) is 4.79 Å². The van der Waals surface area contributed by atoms with Gasteiger partial charge in [-0.05, 0) is 36.6 Å². The van der Waals surface area contributed by atoms with Gasteiger partial charge in [-0.2, -0.15) is 0 Å². The van der Waals surface area contributed by atoms with Crippen molar-refractivity contribution in [2.24, 2.45) is 0 Å². The molecule has 0 saturated carbocycles. The third kappa shape index (κ3) is 5.49. The summed E-state index contributed by atoms with van der Waals surface area (Å²) < 4.78 is 5.73. The van der Waals surface area contributed by atoms with Gasteiger partial charge in [-0.1, -0.05) is 78.9 Å². The number of carbonyl (C=O) groups excluding carboxylic acids is 1. The Labute approximate surface area is 188 Å². The molecule has 0 bridgehead atoms. The highest BCUT2D eigenvalue weighted by atomic mass is 16.4. The van der Waals surface area contributed by atoms with Crippen molar-refractivity contribution in [1.29, 1.82) is 0 Å². The Balaban J connectivity index is 1.33. The van der Waals surface area contributed by atoms with Crippen molar-refractivity contribution in [2.45, 2.75) is 38.1 Å². The fourth-order valence-electron chi connectivity index (χ4n) is 3.95. The van der Waals surface area contributed by atoms with Gasteiger partial charge in [-0.15, -0.1) is 10.2 Å². The Morgan fingerprint density at radius 1 is 0.844 bits per heavy atom. The van der Waals surface area contributed by atoms with Crippen molar-refractivity contribution < 1.29 is 9.21 Å². The first kappa shape index (κ1) is 21.5. The smallest absolute Gasteiger partial charge is 0.247 e. The molecule has 0 aliphatic heterocycles. The Morgan fingerprint density at radius 2 is 1.41 bits per heavy atom. The molecule has 0 spiro atoms. The van der Waals surface area contributed by atoms with Gasteiger partial charge in [0.1, 0.15) is 0 Å². The molecule has 1 unspecified atom stereocenters. The minimum atomic E-state index is -0.0413. The van der Waals surface area contributed by atoms with Gasteiger partial charge in [0.05, 0.1) is 0 Å². The first-order valence-corrected chi connectivity index (χ1v) is 11.0. The average Bonchev–Trinajstić information content (AvgIpc) is 3.30. The number of amides is 1. The molecule has 1 atom stereocenters. The van der Waals surface area contributed by atoms with Gasteiger partial charge in [0, 0.05) is 30.4 Å². The van der Waals surface area contributed by atoms with Crippen LogP contribution < -0.4 is 5.32 Å². The Kier molecular flexibility index (Phi) is 7.08. The van der Waals surface area contributed by atoms with Gasteiger partial charge >= 0.3 is 0 Å². The number of aryl methyl sites for hydroxylation is 1. The van der Waals surface area contributed by atoms with Crippen LogP contribution in [0.3, 0.4) is 0 Å². The third-order valence-corrected chi connectivity index (χ3v) is 5.49. The van der Waals surface area contributed by atoms with Gasteiger partial charge in [0.25, 0.3) is 0 Å². The zero-order valence-corrected chi connectivity index (χ0v) is 18.1. The molecule has 0 saturated heterocycles. The van der Waals surface area contributed by atoms with Crippen LogP contribution in [0.2, 0.25) is 0 Å². The van der Waals surface area contributed by atoms with Crippen molar-refractivity contribution in [3.8, 4) is 11.5 Å². The standard InChI is InChI=1S/C27H27N3O2/c1-20(26(21-12-5-2-6-13-21)22-14-7-3-8-15-22)28-24(31)18-11-19-25-29-30-27(32-25)23-16-9-4-10-17-23/h2-10,12-17,20,26H,11,18-19H2,1H3,(H,28,31). The van der Waals surface area contributed by atoms with E-state index in [4.69, 9.17) is 4.42 Å². The molecule has 1 aromatic heterocycles. The molecule has 0 aliphatic rings. The van der Waals surface area contributed by atoms with Crippen molar-refractivity contribution in [3.63, 3.8) is 0 Å². The summed E-state index contributed by atoms with van der Waals surface area (Å²) in [5.74, 6) is 1.17. The zero-order chi connectivity index (χ0) is 22.2. The molecule has 1 heterocycles. The summed E-state index contributed by atoms with van der Waals surface area (Å²) in [5, 5.41) is 11.4. The number of nitrogens with zero attached hydrogens (tertiary/aromatic N) is 2. The predicted molar refractivity (Wildman–Crippen MR) is 125 cm³/mol. The molecule has 3 aromatic carbocycles. The summed E-state index contributed by atoms with van der Waals surface area (Å²) in [5.41, 5.74) is 3.27. The number of rotatable bonds is 9. The van der Waals surface area contributed by atoms with Crippen LogP contribution in [0.5, 0.6) is 0 Å². The molecule has 0 radical (unpaired) electrons. The first-order chi connectivity index (χ1) is 15.7. The number of nitrogens with one attached hydrogen (secondary N) is 1. The zero-order valence-electron chi connectivity index (χ0n) is 18.1. The molecule has 0 aliphatic carbocycles. The lowest BCUT2D eigenvalue weighted by Crippen LogP contribution is -2.37. The maximum Gasteiger partial charge on any atom is 0.247 e. The van der Waals surface area contributed by atoms with E-state index in [2.05, 4.69) is 46.7 Å². The molecule has 32 heavy (non-hydrogen) atoms. The topological polar surface area (TPSA) is 68.0 Å². The fraction of sp³-hybridized carbons (Fsp3) is 0.222. The van der Waals surface area contributed by atoms with E-state index in [1.807, 2.05) is 66.7 Å². The van der Waals surface area contributed by atoms with Crippen molar-refractivity contribution in [1.82, 2.24) is 15.5 Å². The van der Waals surface area contributed by atoms with Gasteiger partial charge in [0.15, 0.2) is 0 Å². The number of carbonyl (C=O) groups is 1. The summed E-state index contributed by atoms with van der Waals surface area (Å²) in [4.78, 5) is 12.7. The normalized spacial score (nSPS) is 11.9. The van der Waals surface area contributed by atoms with Crippen LogP contribution >= 0.6 is 0 Å². The van der Waals surface area contributed by atoms with E-state index in [9.17, 15) is 4.79 Å². The van der Waals surface area contributed by atoms with Gasteiger partial charge < -0.3 is 9.73 Å². The van der Waals surface area contributed by atoms with Crippen LogP contribution in [-0.4, -0.2) is 22.1 Å². The Morgan fingerprint density at radius 3 is 2.00 bits per heavy atom. The molecule has 1 amide bonds. The second kappa shape index (κ2) is 10.5. The van der Waals surface area contributed by atoms with E-state index in [1.165, 1.54) is 11.1 Å². The highest BCUT2D eigenvalue weighted by Gasteiger charge is 2.22. The maximum atomic E-state index is 12.7. The highest BCUT2D eigenvalue weighted by Crippen LogP contribution is 2.28. The van der Waals surface area contributed by atoms with Crippen LogP contribution in [0.15, 0.2) is 95.4 Å². The van der Waals surface area contributed by atoms with Crippen LogP contribution in [0, 0.1) is 0 Å². The van der Waals surface area contributed by atoms with Crippen LogP contribution in [0.1, 0.15) is 42.7 Å². The minimum Gasteiger partial charge on any atom is -0.421 e. The fourth-order valence-corrected chi connectivity index (χ4v) is 3.95. The molecule has 4 aromatic rings. The first-order valence-electron chi connectivity index (χ1n) is 11.0. The Hall–Kier alpha value is -3.73. The average molecular weight is 426 g/mol. The molecule has 4 rings (SSSR count). The van der Waals surface area contributed by atoms with Crippen LogP contribution in [0.25, 0.3) is 11.5 Å². The van der Waals surface area contributed by atoms with E-state index < -0.39 is 0 Å². The van der Waals surface area contributed by atoms with Crippen LogP contribution in [0.4, 0.5) is 0 Å². The SMILES string of the molecule is CC(NC(=O)CCCc1nnc(-c2ccccc2)o1)C(c1ccccc1)c1ccccc1. The predicted octanol–water partition coefficient (Wildman–Crippen LogP) is 5.40. The monoisotopic (exact) mass is 425 g/mol. The largest absolute Gasteiger partial charge is 0.421 e. The summed E-state index contributed by atoms with van der Waals surface area (Å²) in [6.45, 7) is 2.06. The molecule has 5 nitrogen and oxygen atoms in total. The van der Waals surface area contributed by atoms with Crippen molar-refractivity contribution >= 4 is 5.91 Å². The minimum absolute atomic E-state index is 0.0251. The van der Waals surface area contributed by atoms with E-state index in [1.54, 1.807) is 0 Å². The van der Waals surface area contributed by atoms with Gasteiger partial charge in [-0.25, -0.2) is 0 Å².